The molecule has 3 atom stereocenters. The highest BCUT2D eigenvalue weighted by Gasteiger charge is 2.64. The van der Waals surface area contributed by atoms with Crippen molar-refractivity contribution >= 4 is 39.1 Å². The summed E-state index contributed by atoms with van der Waals surface area (Å²) in [4.78, 5) is 31.6. The van der Waals surface area contributed by atoms with Crippen molar-refractivity contribution in [2.45, 2.75) is 35.9 Å². The van der Waals surface area contributed by atoms with Crippen molar-refractivity contribution in [2.75, 3.05) is 45.8 Å². The number of rotatable bonds is 9. The van der Waals surface area contributed by atoms with Crippen molar-refractivity contribution < 1.29 is 37.3 Å². The second-order valence-corrected chi connectivity index (χ2v) is 12.9. The lowest BCUT2D eigenvalue weighted by Crippen LogP contribution is -2.59. The van der Waals surface area contributed by atoms with E-state index in [1.165, 1.54) is 55.5 Å². The smallest absolute Gasteiger partial charge is 0.274 e. The van der Waals surface area contributed by atoms with Crippen LogP contribution in [0.5, 0.6) is 17.2 Å². The summed E-state index contributed by atoms with van der Waals surface area (Å²) in [7, 11) is 1.27. The van der Waals surface area contributed by atoms with Gasteiger partial charge >= 0.3 is 0 Å². The number of aliphatic hydroxyl groups excluding tert-OH is 1. The van der Waals surface area contributed by atoms with Crippen molar-refractivity contribution in [3.05, 3.63) is 76.8 Å². The summed E-state index contributed by atoms with van der Waals surface area (Å²) in [6, 6.07) is 14.5. The number of para-hydroxylation sites is 1. The SMILES string of the molecule is CCOc1ccccc1C1(N2C[C@H](O)C[C@H]2C(=O)N(C)C)C(=O)N(S(=O)(=O)c2ccc(OC)cc2OC)c2ccc(Cl)cc21. The number of benzene rings is 3. The van der Waals surface area contributed by atoms with E-state index in [2.05, 4.69) is 0 Å². The Kier molecular flexibility index (Phi) is 8.56. The molecule has 0 saturated carbocycles. The second kappa shape index (κ2) is 11.9. The molecule has 44 heavy (non-hydrogen) atoms. The Morgan fingerprint density at radius 1 is 1.05 bits per heavy atom. The van der Waals surface area contributed by atoms with Crippen molar-refractivity contribution in [2.24, 2.45) is 0 Å². The lowest BCUT2D eigenvalue weighted by Gasteiger charge is -2.42. The normalized spacial score (nSPS) is 21.7. The fourth-order valence-electron chi connectivity index (χ4n) is 6.13. The van der Waals surface area contributed by atoms with Crippen molar-refractivity contribution in [3.63, 3.8) is 0 Å². The predicted octanol–water partition coefficient (Wildman–Crippen LogP) is 3.26. The fraction of sp³-hybridized carbons (Fsp3) is 0.355. The maximum atomic E-state index is 15.3. The Morgan fingerprint density at radius 3 is 2.43 bits per heavy atom. The Hall–Kier alpha value is -3.84. The molecule has 0 aromatic heterocycles. The number of hydrogen-bond acceptors (Lipinski definition) is 9. The number of β-amino-alcohol motifs (C(OH)–C–C–N with tert-alkyl or cyclic N) is 1. The van der Waals surface area contributed by atoms with Crippen molar-refractivity contribution in [1.29, 1.82) is 0 Å². The number of carbonyl (C=O) groups excluding carboxylic acids is 2. The molecule has 234 valence electrons. The molecular weight excluding hydrogens is 610 g/mol. The average Bonchev–Trinajstić information content (AvgIpc) is 3.51. The van der Waals surface area contributed by atoms with Crippen LogP contribution in [0.2, 0.25) is 5.02 Å². The van der Waals surface area contributed by atoms with Gasteiger partial charge in [0.05, 0.1) is 38.7 Å². The number of ether oxygens (including phenoxy) is 3. The van der Waals surface area contributed by atoms with Gasteiger partial charge in [-0.05, 0) is 49.7 Å². The molecule has 3 aromatic rings. The molecule has 1 fully saturated rings. The molecule has 2 aliphatic heterocycles. The van der Waals surface area contributed by atoms with E-state index in [1.807, 2.05) is 0 Å². The fourth-order valence-corrected chi connectivity index (χ4v) is 7.90. The number of halogens is 1. The summed E-state index contributed by atoms with van der Waals surface area (Å²) in [5.74, 6) is -0.600. The van der Waals surface area contributed by atoms with E-state index in [0.29, 0.717) is 17.1 Å². The third kappa shape index (κ3) is 4.86. The van der Waals surface area contributed by atoms with E-state index in [0.717, 1.165) is 4.31 Å². The topological polar surface area (TPSA) is 126 Å². The number of hydrogen-bond donors (Lipinski definition) is 1. The number of methoxy groups -OCH3 is 2. The summed E-state index contributed by atoms with van der Waals surface area (Å²) >= 11 is 6.54. The Bertz CT molecular complexity index is 1720. The molecule has 1 unspecified atom stereocenters. The highest BCUT2D eigenvalue weighted by atomic mass is 35.5. The standard InChI is InChI=1S/C31H34ClN3O8S/c1-6-43-26-10-8-7-9-22(26)31(34-18-20(36)16-25(34)29(37)33(2)3)23-15-19(32)11-13-24(23)35(30(31)38)44(39,40)28-14-12-21(41-4)17-27(28)42-5/h7-15,17,20,25,36H,6,16,18H2,1-5H3/t20-,25+,31?/m1/s1. The summed E-state index contributed by atoms with van der Waals surface area (Å²) in [5, 5.41) is 11.2. The minimum Gasteiger partial charge on any atom is -0.497 e. The number of likely N-dealkylation sites (tertiary alicyclic amines) is 1. The van der Waals surface area contributed by atoms with Crippen LogP contribution >= 0.6 is 11.6 Å². The van der Waals surface area contributed by atoms with Crippen LogP contribution in [0, 0.1) is 0 Å². The van der Waals surface area contributed by atoms with Gasteiger partial charge in [0, 0.05) is 42.9 Å². The minimum absolute atomic E-state index is 0.0256. The van der Waals surface area contributed by atoms with Gasteiger partial charge in [-0.3, -0.25) is 14.5 Å². The summed E-state index contributed by atoms with van der Waals surface area (Å²) in [6.45, 7) is 1.93. The summed E-state index contributed by atoms with van der Waals surface area (Å²) < 4.78 is 46.6. The van der Waals surface area contributed by atoms with Crippen LogP contribution in [-0.2, 0) is 25.2 Å². The highest BCUT2D eigenvalue weighted by Crippen LogP contribution is 2.55. The molecule has 13 heteroatoms. The van der Waals surface area contributed by atoms with Gasteiger partial charge in [0.15, 0.2) is 5.54 Å². The summed E-state index contributed by atoms with van der Waals surface area (Å²) in [5.41, 5.74) is -1.36. The molecule has 1 saturated heterocycles. The van der Waals surface area contributed by atoms with Gasteiger partial charge in [-0.15, -0.1) is 0 Å². The number of nitrogens with zero attached hydrogens (tertiary/aromatic N) is 3. The van der Waals surface area contributed by atoms with Crippen LogP contribution in [0.15, 0.2) is 65.6 Å². The third-order valence-corrected chi connectivity index (χ3v) is 9.93. The van der Waals surface area contributed by atoms with Gasteiger partial charge in [-0.1, -0.05) is 29.8 Å². The molecule has 0 aliphatic carbocycles. The first kappa shape index (κ1) is 31.6. The molecular formula is C31H34ClN3O8S. The van der Waals surface area contributed by atoms with Gasteiger partial charge in [-0.25, -0.2) is 12.7 Å². The molecule has 2 heterocycles. The van der Waals surface area contributed by atoms with Gasteiger partial charge in [0.1, 0.15) is 22.1 Å². The van der Waals surface area contributed by atoms with E-state index in [-0.39, 0.29) is 52.4 Å². The minimum atomic E-state index is -4.65. The van der Waals surface area contributed by atoms with Crippen LogP contribution in [0.25, 0.3) is 0 Å². The van der Waals surface area contributed by atoms with E-state index < -0.39 is 33.6 Å². The number of carbonyl (C=O) groups is 2. The molecule has 1 N–H and O–H groups in total. The average molecular weight is 644 g/mol. The maximum Gasteiger partial charge on any atom is 0.274 e. The second-order valence-electron chi connectivity index (χ2n) is 10.7. The predicted molar refractivity (Wildman–Crippen MR) is 164 cm³/mol. The van der Waals surface area contributed by atoms with Crippen LogP contribution in [0.1, 0.15) is 24.5 Å². The highest BCUT2D eigenvalue weighted by molar-refractivity contribution is 7.93. The van der Waals surface area contributed by atoms with E-state index in [4.69, 9.17) is 25.8 Å². The number of anilines is 1. The number of sulfonamides is 1. The Morgan fingerprint density at radius 2 is 1.77 bits per heavy atom. The molecule has 0 bridgehead atoms. The van der Waals surface area contributed by atoms with E-state index in [9.17, 15) is 18.3 Å². The molecule has 2 amide bonds. The van der Waals surface area contributed by atoms with Gasteiger partial charge in [0.2, 0.25) is 5.91 Å². The number of fused-ring (bicyclic) bond motifs is 1. The first-order chi connectivity index (χ1) is 20.9. The van der Waals surface area contributed by atoms with E-state index in [1.54, 1.807) is 50.2 Å². The van der Waals surface area contributed by atoms with Crippen LogP contribution in [0.4, 0.5) is 5.69 Å². The number of amides is 2. The zero-order valence-corrected chi connectivity index (χ0v) is 26.6. The van der Waals surface area contributed by atoms with E-state index >= 15 is 4.79 Å². The number of aliphatic hydroxyl groups is 1. The van der Waals surface area contributed by atoms with Crippen molar-refractivity contribution in [3.8, 4) is 17.2 Å². The largest absolute Gasteiger partial charge is 0.497 e. The maximum absolute atomic E-state index is 15.3. The van der Waals surface area contributed by atoms with Crippen LogP contribution in [-0.4, -0.2) is 88.8 Å². The Balaban J connectivity index is 1.87. The lowest BCUT2D eigenvalue weighted by molar-refractivity contribution is -0.138. The molecule has 3 aromatic carbocycles. The van der Waals surface area contributed by atoms with Crippen LogP contribution < -0.4 is 18.5 Å². The first-order valence-corrected chi connectivity index (χ1v) is 15.7. The Labute approximate surface area is 261 Å². The molecule has 11 nitrogen and oxygen atoms in total. The quantitative estimate of drug-likeness (QED) is 0.374. The van der Waals surface area contributed by atoms with Crippen LogP contribution in [0.3, 0.4) is 0 Å². The number of likely N-dealkylation sites (N-methyl/N-ethyl adjacent to an activating group) is 1. The molecule has 0 spiro atoms. The molecule has 0 radical (unpaired) electrons. The van der Waals surface area contributed by atoms with Gasteiger partial charge in [0.25, 0.3) is 15.9 Å². The van der Waals surface area contributed by atoms with Crippen molar-refractivity contribution in [1.82, 2.24) is 9.80 Å². The first-order valence-electron chi connectivity index (χ1n) is 13.9. The zero-order valence-electron chi connectivity index (χ0n) is 25.0. The zero-order chi connectivity index (χ0) is 32.0. The molecule has 2 aliphatic rings. The monoisotopic (exact) mass is 643 g/mol. The molecule has 5 rings (SSSR count). The van der Waals surface area contributed by atoms with Gasteiger partial charge in [-0.2, -0.15) is 0 Å². The van der Waals surface area contributed by atoms with Gasteiger partial charge < -0.3 is 24.2 Å². The summed E-state index contributed by atoms with van der Waals surface area (Å²) in [6.07, 6.45) is -0.958. The third-order valence-electron chi connectivity index (χ3n) is 7.96. The lowest BCUT2D eigenvalue weighted by atomic mass is 9.80.